The Morgan fingerprint density at radius 3 is 2.73 bits per heavy atom. The molecular weight excluding hydrogens is 326 g/mol. The second-order valence-corrected chi connectivity index (χ2v) is 6.87. The number of hydrogen-bond donors (Lipinski definition) is 0. The molecule has 0 N–H and O–H groups in total. The van der Waals surface area contributed by atoms with Gasteiger partial charge in [0.2, 0.25) is 0 Å². The van der Waals surface area contributed by atoms with Gasteiger partial charge in [0, 0.05) is 24.0 Å². The molecule has 0 amide bonds. The molecule has 2 heterocycles. The van der Waals surface area contributed by atoms with E-state index in [1.807, 2.05) is 18.2 Å². The summed E-state index contributed by atoms with van der Waals surface area (Å²) in [6.45, 7) is 5.51. The van der Waals surface area contributed by atoms with Crippen molar-refractivity contribution < 1.29 is 9.15 Å². The van der Waals surface area contributed by atoms with Crippen LogP contribution in [0.2, 0.25) is 0 Å². The van der Waals surface area contributed by atoms with Gasteiger partial charge in [0.05, 0.1) is 5.56 Å². The van der Waals surface area contributed by atoms with E-state index in [1.54, 1.807) is 6.07 Å². The summed E-state index contributed by atoms with van der Waals surface area (Å²) in [5.74, 6) is 0.811. The smallest absolute Gasteiger partial charge is 0.336 e. The predicted octanol–water partition coefficient (Wildman–Crippen LogP) is 4.66. The third-order valence-corrected chi connectivity index (χ3v) is 5.15. The Balaban J connectivity index is 1.76. The molecule has 1 atom stereocenters. The van der Waals surface area contributed by atoms with Crippen molar-refractivity contribution in [2.75, 3.05) is 6.73 Å². The summed E-state index contributed by atoms with van der Waals surface area (Å²) >= 11 is 0. The summed E-state index contributed by atoms with van der Waals surface area (Å²) in [6, 6.07) is 16.2. The lowest BCUT2D eigenvalue weighted by Gasteiger charge is -2.34. The Morgan fingerprint density at radius 2 is 1.96 bits per heavy atom. The molecule has 4 rings (SSSR count). The van der Waals surface area contributed by atoms with Gasteiger partial charge in [-0.15, -0.1) is 0 Å². The standard InChI is InChI=1S/C22H23NO3/c1-3-7-17-12-21(24)26-22-18(17)10-11-20-19(22)13-23(14-25-20)15(2)16-8-5-4-6-9-16/h4-6,8-12,15H,3,7,13-14H2,1-2H3. The molecular formula is C22H23NO3. The van der Waals surface area contributed by atoms with Crippen LogP contribution in [-0.2, 0) is 13.0 Å². The molecule has 0 saturated heterocycles. The topological polar surface area (TPSA) is 42.7 Å². The zero-order valence-electron chi connectivity index (χ0n) is 15.2. The summed E-state index contributed by atoms with van der Waals surface area (Å²) in [5.41, 5.74) is 3.64. The van der Waals surface area contributed by atoms with E-state index in [0.29, 0.717) is 18.9 Å². The molecule has 0 radical (unpaired) electrons. The minimum atomic E-state index is -0.289. The van der Waals surface area contributed by atoms with Gasteiger partial charge in [-0.05, 0) is 36.6 Å². The molecule has 26 heavy (non-hydrogen) atoms. The van der Waals surface area contributed by atoms with E-state index in [0.717, 1.165) is 35.1 Å². The van der Waals surface area contributed by atoms with E-state index in [9.17, 15) is 4.79 Å². The molecule has 1 aliphatic heterocycles. The first-order valence-corrected chi connectivity index (χ1v) is 9.17. The first-order chi connectivity index (χ1) is 12.7. The van der Waals surface area contributed by atoms with Crippen molar-refractivity contribution in [3.8, 4) is 5.75 Å². The van der Waals surface area contributed by atoms with Crippen LogP contribution < -0.4 is 10.4 Å². The van der Waals surface area contributed by atoms with Crippen LogP contribution in [0.15, 0.2) is 57.7 Å². The lowest BCUT2D eigenvalue weighted by atomic mass is 10.0. The number of benzene rings is 2. The highest BCUT2D eigenvalue weighted by molar-refractivity contribution is 5.85. The van der Waals surface area contributed by atoms with Crippen molar-refractivity contribution in [1.29, 1.82) is 0 Å². The Labute approximate surface area is 153 Å². The van der Waals surface area contributed by atoms with Gasteiger partial charge in [-0.3, -0.25) is 4.90 Å². The Bertz CT molecular complexity index is 978. The van der Waals surface area contributed by atoms with Gasteiger partial charge in [-0.2, -0.15) is 0 Å². The fraction of sp³-hybridized carbons (Fsp3) is 0.318. The maximum Gasteiger partial charge on any atom is 0.336 e. The molecule has 0 saturated carbocycles. The Morgan fingerprint density at radius 1 is 1.15 bits per heavy atom. The first-order valence-electron chi connectivity index (χ1n) is 9.17. The molecule has 3 aromatic rings. The first kappa shape index (κ1) is 16.9. The molecule has 0 bridgehead atoms. The highest BCUT2D eigenvalue weighted by Gasteiger charge is 2.26. The highest BCUT2D eigenvalue weighted by atomic mass is 16.5. The second-order valence-electron chi connectivity index (χ2n) is 6.87. The monoisotopic (exact) mass is 349 g/mol. The minimum Gasteiger partial charge on any atom is -0.478 e. The van der Waals surface area contributed by atoms with Crippen LogP contribution in [0.5, 0.6) is 5.75 Å². The van der Waals surface area contributed by atoms with E-state index in [2.05, 4.69) is 43.0 Å². The average Bonchev–Trinajstić information content (AvgIpc) is 2.67. The highest BCUT2D eigenvalue weighted by Crippen LogP contribution is 2.35. The lowest BCUT2D eigenvalue weighted by Crippen LogP contribution is -2.34. The lowest BCUT2D eigenvalue weighted by molar-refractivity contribution is 0.0620. The molecule has 134 valence electrons. The molecule has 4 nitrogen and oxygen atoms in total. The van der Waals surface area contributed by atoms with Crippen molar-refractivity contribution >= 4 is 11.0 Å². The minimum absolute atomic E-state index is 0.213. The SMILES string of the molecule is CCCc1cc(=O)oc2c3c(ccc12)OCN(C(C)c1ccccc1)C3. The molecule has 0 aliphatic carbocycles. The third kappa shape index (κ3) is 3.01. The summed E-state index contributed by atoms with van der Waals surface area (Å²) in [5, 5.41) is 1.02. The molecule has 2 aromatic carbocycles. The quantitative estimate of drug-likeness (QED) is 0.643. The molecule has 0 fully saturated rings. The van der Waals surface area contributed by atoms with E-state index in [4.69, 9.17) is 9.15 Å². The van der Waals surface area contributed by atoms with Gasteiger partial charge < -0.3 is 9.15 Å². The van der Waals surface area contributed by atoms with Gasteiger partial charge >= 0.3 is 5.63 Å². The van der Waals surface area contributed by atoms with Crippen LogP contribution in [-0.4, -0.2) is 11.6 Å². The fourth-order valence-corrected chi connectivity index (χ4v) is 3.68. The fourth-order valence-electron chi connectivity index (χ4n) is 3.68. The van der Waals surface area contributed by atoms with Crippen molar-refractivity contribution in [1.82, 2.24) is 4.90 Å². The largest absolute Gasteiger partial charge is 0.478 e. The zero-order chi connectivity index (χ0) is 18.1. The normalized spacial score (nSPS) is 15.5. The zero-order valence-corrected chi connectivity index (χ0v) is 15.2. The number of aryl methyl sites for hydroxylation is 1. The molecule has 4 heteroatoms. The Kier molecular flexibility index (Phi) is 4.51. The van der Waals surface area contributed by atoms with Gasteiger partial charge in [-0.1, -0.05) is 43.7 Å². The van der Waals surface area contributed by atoms with Crippen LogP contribution in [0, 0.1) is 0 Å². The van der Waals surface area contributed by atoms with Crippen LogP contribution in [0.3, 0.4) is 0 Å². The van der Waals surface area contributed by atoms with Crippen molar-refractivity contribution in [3.05, 3.63) is 75.6 Å². The van der Waals surface area contributed by atoms with Gasteiger partial charge in [-0.25, -0.2) is 4.79 Å². The van der Waals surface area contributed by atoms with Gasteiger partial charge in [0.15, 0.2) is 0 Å². The maximum atomic E-state index is 12.1. The van der Waals surface area contributed by atoms with Crippen molar-refractivity contribution in [2.45, 2.75) is 39.3 Å². The number of rotatable bonds is 4. The molecule has 1 unspecified atom stereocenters. The summed E-state index contributed by atoms with van der Waals surface area (Å²) in [4.78, 5) is 14.3. The molecule has 0 spiro atoms. The van der Waals surface area contributed by atoms with E-state index < -0.39 is 0 Å². The van der Waals surface area contributed by atoms with Crippen LogP contribution in [0.4, 0.5) is 0 Å². The van der Waals surface area contributed by atoms with Gasteiger partial charge in [0.25, 0.3) is 0 Å². The summed E-state index contributed by atoms with van der Waals surface area (Å²) < 4.78 is 11.6. The van der Waals surface area contributed by atoms with E-state index in [1.165, 1.54) is 5.56 Å². The molecule has 1 aromatic heterocycles. The van der Waals surface area contributed by atoms with Gasteiger partial charge in [0.1, 0.15) is 18.1 Å². The number of fused-ring (bicyclic) bond motifs is 3. The van der Waals surface area contributed by atoms with Crippen LogP contribution in [0.25, 0.3) is 11.0 Å². The molecule has 1 aliphatic rings. The number of nitrogens with zero attached hydrogens (tertiary/aromatic N) is 1. The van der Waals surface area contributed by atoms with Crippen LogP contribution >= 0.6 is 0 Å². The van der Waals surface area contributed by atoms with Crippen molar-refractivity contribution in [3.63, 3.8) is 0 Å². The average molecular weight is 349 g/mol. The number of hydrogen-bond acceptors (Lipinski definition) is 4. The summed E-state index contributed by atoms with van der Waals surface area (Å²) in [7, 11) is 0. The maximum absolute atomic E-state index is 12.1. The third-order valence-electron chi connectivity index (χ3n) is 5.15. The van der Waals surface area contributed by atoms with E-state index in [-0.39, 0.29) is 11.7 Å². The predicted molar refractivity (Wildman–Crippen MR) is 102 cm³/mol. The van der Waals surface area contributed by atoms with Crippen LogP contribution in [0.1, 0.15) is 43.0 Å². The Hall–Kier alpha value is -2.59. The number of ether oxygens (including phenoxy) is 1. The van der Waals surface area contributed by atoms with Crippen molar-refractivity contribution in [2.24, 2.45) is 0 Å². The summed E-state index contributed by atoms with van der Waals surface area (Å²) in [6.07, 6.45) is 1.86. The van der Waals surface area contributed by atoms with E-state index >= 15 is 0 Å². The second kappa shape index (κ2) is 6.96.